The third kappa shape index (κ3) is 2.44. The van der Waals surface area contributed by atoms with E-state index >= 15 is 0 Å². The maximum absolute atomic E-state index is 12.2. The summed E-state index contributed by atoms with van der Waals surface area (Å²) < 4.78 is 12.5. The molecular formula is C17H15N3O3. The summed E-state index contributed by atoms with van der Waals surface area (Å²) in [5, 5.41) is 6.67. The van der Waals surface area contributed by atoms with Crippen molar-refractivity contribution in [2.24, 2.45) is 7.05 Å². The van der Waals surface area contributed by atoms with Gasteiger partial charge in [0.2, 0.25) is 6.79 Å². The highest BCUT2D eigenvalue weighted by molar-refractivity contribution is 6.06. The van der Waals surface area contributed by atoms with Crippen LogP contribution in [0.3, 0.4) is 0 Å². The second-order valence-electron chi connectivity index (χ2n) is 5.32. The summed E-state index contributed by atoms with van der Waals surface area (Å²) in [6.45, 7) is 0.209. The van der Waals surface area contributed by atoms with Crippen molar-refractivity contribution in [3.8, 4) is 11.5 Å². The summed E-state index contributed by atoms with van der Waals surface area (Å²) >= 11 is 0. The molecule has 2 aromatic carbocycles. The largest absolute Gasteiger partial charge is 0.454 e. The molecule has 2 N–H and O–H groups in total. The SMILES string of the molecule is Cn1cc(NC(=O)Nc2ccc3c(c2)OCO3)c2ccccc21. The predicted molar refractivity (Wildman–Crippen MR) is 88.1 cm³/mol. The first-order valence-electron chi connectivity index (χ1n) is 7.22. The molecule has 1 aliphatic heterocycles. The van der Waals surface area contributed by atoms with Gasteiger partial charge >= 0.3 is 6.03 Å². The number of anilines is 2. The summed E-state index contributed by atoms with van der Waals surface area (Å²) in [7, 11) is 1.95. The van der Waals surface area contributed by atoms with Gasteiger partial charge in [0.25, 0.3) is 0 Å². The van der Waals surface area contributed by atoms with Crippen LogP contribution < -0.4 is 20.1 Å². The minimum atomic E-state index is -0.305. The molecule has 6 heteroatoms. The molecule has 0 aliphatic carbocycles. The molecule has 2 heterocycles. The number of aromatic nitrogens is 1. The van der Waals surface area contributed by atoms with E-state index in [-0.39, 0.29) is 12.8 Å². The molecular weight excluding hydrogens is 294 g/mol. The maximum atomic E-state index is 12.2. The van der Waals surface area contributed by atoms with E-state index in [0.29, 0.717) is 17.2 Å². The number of hydrogen-bond acceptors (Lipinski definition) is 3. The van der Waals surface area contributed by atoms with E-state index in [1.807, 2.05) is 42.1 Å². The topological polar surface area (TPSA) is 64.5 Å². The van der Waals surface area contributed by atoms with Gasteiger partial charge in [-0.05, 0) is 18.2 Å². The molecule has 0 saturated heterocycles. The van der Waals surface area contributed by atoms with Gasteiger partial charge in [0.05, 0.1) is 5.69 Å². The molecule has 116 valence electrons. The van der Waals surface area contributed by atoms with Gasteiger partial charge in [0, 0.05) is 35.9 Å². The average molecular weight is 309 g/mol. The van der Waals surface area contributed by atoms with Crippen molar-refractivity contribution < 1.29 is 14.3 Å². The molecule has 0 radical (unpaired) electrons. The third-order valence-electron chi connectivity index (χ3n) is 3.78. The molecule has 1 aliphatic rings. The van der Waals surface area contributed by atoms with E-state index in [2.05, 4.69) is 10.6 Å². The van der Waals surface area contributed by atoms with Crippen LogP contribution in [0.5, 0.6) is 11.5 Å². The minimum absolute atomic E-state index is 0.209. The number of ether oxygens (including phenoxy) is 2. The Morgan fingerprint density at radius 2 is 1.91 bits per heavy atom. The Morgan fingerprint density at radius 3 is 2.83 bits per heavy atom. The van der Waals surface area contributed by atoms with Crippen LogP contribution in [0.25, 0.3) is 10.9 Å². The minimum Gasteiger partial charge on any atom is -0.454 e. The zero-order valence-corrected chi connectivity index (χ0v) is 12.5. The lowest BCUT2D eigenvalue weighted by molar-refractivity contribution is 0.174. The van der Waals surface area contributed by atoms with Gasteiger partial charge in [-0.3, -0.25) is 0 Å². The second kappa shape index (κ2) is 5.24. The monoisotopic (exact) mass is 309 g/mol. The van der Waals surface area contributed by atoms with Crippen LogP contribution in [-0.2, 0) is 7.05 Å². The number of urea groups is 1. The average Bonchev–Trinajstić information content (AvgIpc) is 3.12. The quantitative estimate of drug-likeness (QED) is 0.761. The number of aryl methyl sites for hydroxylation is 1. The Kier molecular flexibility index (Phi) is 3.08. The fourth-order valence-electron chi connectivity index (χ4n) is 2.70. The molecule has 4 rings (SSSR count). The molecule has 0 fully saturated rings. The first-order chi connectivity index (χ1) is 11.2. The molecule has 6 nitrogen and oxygen atoms in total. The van der Waals surface area contributed by atoms with Crippen molar-refractivity contribution >= 4 is 28.3 Å². The highest BCUT2D eigenvalue weighted by Crippen LogP contribution is 2.34. The lowest BCUT2D eigenvalue weighted by Crippen LogP contribution is -2.19. The normalized spacial score (nSPS) is 12.4. The molecule has 1 aromatic heterocycles. The van der Waals surface area contributed by atoms with Gasteiger partial charge in [-0.1, -0.05) is 18.2 Å². The highest BCUT2D eigenvalue weighted by Gasteiger charge is 2.15. The second-order valence-corrected chi connectivity index (χ2v) is 5.32. The third-order valence-corrected chi connectivity index (χ3v) is 3.78. The summed E-state index contributed by atoms with van der Waals surface area (Å²) in [6.07, 6.45) is 1.89. The Morgan fingerprint density at radius 1 is 1.09 bits per heavy atom. The summed E-state index contributed by atoms with van der Waals surface area (Å²) in [5.41, 5.74) is 2.47. The van der Waals surface area contributed by atoms with Crippen molar-refractivity contribution in [1.29, 1.82) is 0 Å². The summed E-state index contributed by atoms with van der Waals surface area (Å²) in [6, 6.07) is 12.9. The first kappa shape index (κ1) is 13.5. The molecule has 0 atom stereocenters. The number of hydrogen-bond donors (Lipinski definition) is 2. The first-order valence-corrected chi connectivity index (χ1v) is 7.22. The van der Waals surface area contributed by atoms with Crippen LogP contribution >= 0.6 is 0 Å². The Bertz CT molecular complexity index is 901. The molecule has 0 spiro atoms. The maximum Gasteiger partial charge on any atom is 0.323 e. The zero-order chi connectivity index (χ0) is 15.8. The van der Waals surface area contributed by atoms with Gasteiger partial charge < -0.3 is 24.7 Å². The van der Waals surface area contributed by atoms with Crippen molar-refractivity contribution in [2.75, 3.05) is 17.4 Å². The van der Waals surface area contributed by atoms with E-state index in [4.69, 9.17) is 9.47 Å². The number of fused-ring (bicyclic) bond motifs is 2. The van der Waals surface area contributed by atoms with Crippen molar-refractivity contribution in [1.82, 2.24) is 4.57 Å². The van der Waals surface area contributed by atoms with E-state index in [1.165, 1.54) is 0 Å². The van der Waals surface area contributed by atoms with Crippen molar-refractivity contribution in [3.05, 3.63) is 48.7 Å². The Balaban J connectivity index is 1.53. The molecule has 2 amide bonds. The van der Waals surface area contributed by atoms with Crippen LogP contribution in [0, 0.1) is 0 Å². The summed E-state index contributed by atoms with van der Waals surface area (Å²) in [4.78, 5) is 12.2. The number of benzene rings is 2. The van der Waals surface area contributed by atoms with Crippen molar-refractivity contribution in [2.45, 2.75) is 0 Å². The molecule has 3 aromatic rings. The van der Waals surface area contributed by atoms with Crippen LogP contribution in [0.2, 0.25) is 0 Å². The van der Waals surface area contributed by atoms with Gasteiger partial charge in [0.15, 0.2) is 11.5 Å². The van der Waals surface area contributed by atoms with E-state index < -0.39 is 0 Å². The Hall–Kier alpha value is -3.15. The smallest absolute Gasteiger partial charge is 0.323 e. The number of carbonyl (C=O) groups is 1. The fourth-order valence-corrected chi connectivity index (χ4v) is 2.70. The zero-order valence-electron chi connectivity index (χ0n) is 12.5. The number of nitrogens with zero attached hydrogens (tertiary/aromatic N) is 1. The fraction of sp³-hybridized carbons (Fsp3) is 0.118. The van der Waals surface area contributed by atoms with E-state index in [1.54, 1.807) is 18.2 Å². The van der Waals surface area contributed by atoms with E-state index in [9.17, 15) is 4.79 Å². The van der Waals surface area contributed by atoms with Gasteiger partial charge in [-0.15, -0.1) is 0 Å². The standard InChI is InChI=1S/C17H15N3O3/c1-20-9-13(12-4-2-3-5-14(12)20)19-17(21)18-11-6-7-15-16(8-11)23-10-22-15/h2-9H,10H2,1H3,(H2,18,19,21). The summed E-state index contributed by atoms with van der Waals surface area (Å²) in [5.74, 6) is 1.32. The van der Waals surface area contributed by atoms with Crippen molar-refractivity contribution in [3.63, 3.8) is 0 Å². The molecule has 0 unspecified atom stereocenters. The predicted octanol–water partition coefficient (Wildman–Crippen LogP) is 3.55. The number of nitrogens with one attached hydrogen (secondary N) is 2. The van der Waals surface area contributed by atoms with E-state index in [0.717, 1.165) is 16.6 Å². The highest BCUT2D eigenvalue weighted by atomic mass is 16.7. The lowest BCUT2D eigenvalue weighted by Gasteiger charge is -2.07. The number of carbonyl (C=O) groups excluding carboxylic acids is 1. The van der Waals surface area contributed by atoms with Crippen LogP contribution in [0.4, 0.5) is 16.2 Å². The number of para-hydroxylation sites is 1. The molecule has 0 saturated carbocycles. The van der Waals surface area contributed by atoms with Crippen LogP contribution in [0.15, 0.2) is 48.7 Å². The van der Waals surface area contributed by atoms with Gasteiger partial charge in [0.1, 0.15) is 0 Å². The van der Waals surface area contributed by atoms with Crippen LogP contribution in [-0.4, -0.2) is 17.4 Å². The Labute approximate surface area is 132 Å². The lowest BCUT2D eigenvalue weighted by atomic mass is 10.2. The van der Waals surface area contributed by atoms with Gasteiger partial charge in [-0.25, -0.2) is 4.79 Å². The number of rotatable bonds is 2. The van der Waals surface area contributed by atoms with Gasteiger partial charge in [-0.2, -0.15) is 0 Å². The van der Waals surface area contributed by atoms with Crippen LogP contribution in [0.1, 0.15) is 0 Å². The molecule has 0 bridgehead atoms. The molecule has 23 heavy (non-hydrogen) atoms. The number of amides is 2.